The van der Waals surface area contributed by atoms with E-state index in [0.29, 0.717) is 23.3 Å². The third-order valence-corrected chi connectivity index (χ3v) is 4.02. The maximum Gasteiger partial charge on any atom is 0.143 e. The van der Waals surface area contributed by atoms with Crippen LogP contribution in [0.1, 0.15) is 24.8 Å². The summed E-state index contributed by atoms with van der Waals surface area (Å²) in [4.78, 5) is 12.2. The fourth-order valence-electron chi connectivity index (χ4n) is 2.96. The van der Waals surface area contributed by atoms with Gasteiger partial charge in [0.25, 0.3) is 0 Å². The van der Waals surface area contributed by atoms with Crippen molar-refractivity contribution in [2.24, 2.45) is 5.92 Å². The number of ketones is 1. The summed E-state index contributed by atoms with van der Waals surface area (Å²) in [6.07, 6.45) is 4.12. The van der Waals surface area contributed by atoms with E-state index in [9.17, 15) is 4.79 Å². The van der Waals surface area contributed by atoms with Gasteiger partial charge in [0.15, 0.2) is 0 Å². The molecule has 0 aliphatic carbocycles. The van der Waals surface area contributed by atoms with Crippen LogP contribution in [0.5, 0.6) is 0 Å². The fourth-order valence-corrected chi connectivity index (χ4v) is 3.17. The number of halogens is 1. The second-order valence-electron chi connectivity index (χ2n) is 4.99. The Labute approximate surface area is 106 Å². The first-order valence-electron chi connectivity index (χ1n) is 6.15. The standard InChI is InChI=1S/C14H15ClO2/c15-10-3-1-2-9(6-10)7-13(16)12-8-11-4-5-14(12)17-11/h1-3,6,11-12,14H,4-5,7-8H2. The van der Waals surface area contributed by atoms with Gasteiger partial charge >= 0.3 is 0 Å². The molecule has 0 aromatic heterocycles. The molecule has 2 heterocycles. The maximum atomic E-state index is 12.2. The quantitative estimate of drug-likeness (QED) is 0.824. The maximum absolute atomic E-state index is 12.2. The summed E-state index contributed by atoms with van der Waals surface area (Å²) in [5, 5.41) is 0.694. The van der Waals surface area contributed by atoms with Gasteiger partial charge in [0.2, 0.25) is 0 Å². The Hall–Kier alpha value is -0.860. The Morgan fingerprint density at radius 3 is 2.94 bits per heavy atom. The number of benzene rings is 1. The Morgan fingerprint density at radius 2 is 2.29 bits per heavy atom. The van der Waals surface area contributed by atoms with Gasteiger partial charge in [-0.3, -0.25) is 4.79 Å². The van der Waals surface area contributed by atoms with E-state index in [1.807, 2.05) is 24.3 Å². The Balaban J connectivity index is 1.68. The van der Waals surface area contributed by atoms with Gasteiger partial charge in [0.05, 0.1) is 12.2 Å². The number of Topliss-reactive ketones (excluding diaryl/α,β-unsaturated/α-hetero) is 1. The lowest BCUT2D eigenvalue weighted by Gasteiger charge is -2.17. The lowest BCUT2D eigenvalue weighted by Crippen LogP contribution is -2.26. The van der Waals surface area contributed by atoms with Crippen LogP contribution in [0.4, 0.5) is 0 Å². The van der Waals surface area contributed by atoms with Crippen LogP contribution in [0, 0.1) is 5.92 Å². The average molecular weight is 251 g/mol. The van der Waals surface area contributed by atoms with Crippen LogP contribution in [-0.4, -0.2) is 18.0 Å². The molecule has 3 atom stereocenters. The van der Waals surface area contributed by atoms with Gasteiger partial charge in [-0.25, -0.2) is 0 Å². The molecule has 2 saturated heterocycles. The van der Waals surface area contributed by atoms with E-state index >= 15 is 0 Å². The summed E-state index contributed by atoms with van der Waals surface area (Å²) in [5.41, 5.74) is 1.00. The molecule has 17 heavy (non-hydrogen) atoms. The first kappa shape index (κ1) is 11.2. The molecule has 2 aliphatic rings. The molecule has 0 amide bonds. The summed E-state index contributed by atoms with van der Waals surface area (Å²) in [6, 6.07) is 7.55. The third kappa shape index (κ3) is 2.24. The van der Waals surface area contributed by atoms with Gasteiger partial charge in [-0.1, -0.05) is 23.7 Å². The van der Waals surface area contributed by atoms with Crippen molar-refractivity contribution in [3.8, 4) is 0 Å². The highest BCUT2D eigenvalue weighted by molar-refractivity contribution is 6.30. The van der Waals surface area contributed by atoms with E-state index in [0.717, 1.165) is 24.8 Å². The van der Waals surface area contributed by atoms with E-state index in [1.54, 1.807) is 0 Å². The third-order valence-electron chi connectivity index (χ3n) is 3.79. The van der Waals surface area contributed by atoms with Crippen molar-refractivity contribution in [2.45, 2.75) is 37.9 Å². The van der Waals surface area contributed by atoms with Crippen molar-refractivity contribution in [2.75, 3.05) is 0 Å². The second-order valence-corrected chi connectivity index (χ2v) is 5.43. The van der Waals surface area contributed by atoms with Crippen molar-refractivity contribution < 1.29 is 9.53 Å². The lowest BCUT2D eigenvalue weighted by atomic mass is 9.84. The van der Waals surface area contributed by atoms with E-state index < -0.39 is 0 Å². The minimum atomic E-state index is 0.118. The van der Waals surface area contributed by atoms with Crippen LogP contribution in [-0.2, 0) is 16.0 Å². The van der Waals surface area contributed by atoms with Gasteiger partial charge in [0, 0.05) is 17.4 Å². The van der Waals surface area contributed by atoms with Crippen molar-refractivity contribution in [1.82, 2.24) is 0 Å². The van der Waals surface area contributed by atoms with Crippen LogP contribution >= 0.6 is 11.6 Å². The Kier molecular flexibility index (Phi) is 2.93. The van der Waals surface area contributed by atoms with Gasteiger partial charge < -0.3 is 4.74 Å². The van der Waals surface area contributed by atoms with Gasteiger partial charge in [-0.15, -0.1) is 0 Å². The number of rotatable bonds is 3. The summed E-state index contributed by atoms with van der Waals surface area (Å²) >= 11 is 5.91. The van der Waals surface area contributed by atoms with E-state index in [-0.39, 0.29) is 12.0 Å². The van der Waals surface area contributed by atoms with Crippen molar-refractivity contribution in [3.63, 3.8) is 0 Å². The number of fused-ring (bicyclic) bond motifs is 2. The molecule has 90 valence electrons. The zero-order valence-corrected chi connectivity index (χ0v) is 10.3. The molecular formula is C14H15ClO2. The van der Waals surface area contributed by atoms with Crippen molar-refractivity contribution >= 4 is 17.4 Å². The molecule has 3 heteroatoms. The smallest absolute Gasteiger partial charge is 0.143 e. The lowest BCUT2D eigenvalue weighted by molar-refractivity contribution is -0.123. The van der Waals surface area contributed by atoms with E-state index in [4.69, 9.17) is 16.3 Å². The predicted molar refractivity (Wildman–Crippen MR) is 66.2 cm³/mol. The first-order chi connectivity index (χ1) is 8.22. The van der Waals surface area contributed by atoms with E-state index in [2.05, 4.69) is 0 Å². The van der Waals surface area contributed by atoms with Crippen LogP contribution in [0.15, 0.2) is 24.3 Å². The number of ether oxygens (including phenoxy) is 1. The van der Waals surface area contributed by atoms with Gasteiger partial charge in [-0.05, 0) is 37.0 Å². The summed E-state index contributed by atoms with van der Waals surface area (Å²) in [7, 11) is 0. The molecule has 2 fully saturated rings. The molecule has 3 rings (SSSR count). The zero-order valence-electron chi connectivity index (χ0n) is 9.56. The Bertz CT molecular complexity index is 444. The molecule has 1 aromatic rings. The number of carbonyl (C=O) groups is 1. The highest BCUT2D eigenvalue weighted by Gasteiger charge is 2.43. The molecule has 0 saturated carbocycles. The fraction of sp³-hybridized carbons (Fsp3) is 0.500. The van der Waals surface area contributed by atoms with Crippen molar-refractivity contribution in [1.29, 1.82) is 0 Å². The Morgan fingerprint density at radius 1 is 1.41 bits per heavy atom. The van der Waals surface area contributed by atoms with Gasteiger partial charge in [0.1, 0.15) is 5.78 Å². The molecule has 0 N–H and O–H groups in total. The SMILES string of the molecule is O=C(Cc1cccc(Cl)c1)C1CC2CCC1O2. The molecular weight excluding hydrogens is 236 g/mol. The first-order valence-corrected chi connectivity index (χ1v) is 6.53. The molecule has 0 spiro atoms. The monoisotopic (exact) mass is 250 g/mol. The summed E-state index contributed by atoms with van der Waals surface area (Å²) in [5.74, 6) is 0.423. The van der Waals surface area contributed by atoms with E-state index in [1.165, 1.54) is 0 Å². The predicted octanol–water partition coefficient (Wildman–Crippen LogP) is 3.02. The number of carbonyl (C=O) groups excluding carboxylic acids is 1. The van der Waals surface area contributed by atoms with Crippen LogP contribution in [0.3, 0.4) is 0 Å². The van der Waals surface area contributed by atoms with Gasteiger partial charge in [-0.2, -0.15) is 0 Å². The molecule has 0 radical (unpaired) electrons. The minimum absolute atomic E-state index is 0.118. The minimum Gasteiger partial charge on any atom is -0.374 e. The highest BCUT2D eigenvalue weighted by atomic mass is 35.5. The topological polar surface area (TPSA) is 26.3 Å². The summed E-state index contributed by atoms with van der Waals surface area (Å²) < 4.78 is 5.72. The molecule has 2 nitrogen and oxygen atoms in total. The number of hydrogen-bond donors (Lipinski definition) is 0. The van der Waals surface area contributed by atoms with Crippen LogP contribution in [0.25, 0.3) is 0 Å². The normalized spacial score (nSPS) is 30.8. The largest absolute Gasteiger partial charge is 0.374 e. The molecule has 2 aliphatic heterocycles. The van der Waals surface area contributed by atoms with Crippen LogP contribution < -0.4 is 0 Å². The average Bonchev–Trinajstić information content (AvgIpc) is 2.90. The highest BCUT2D eigenvalue weighted by Crippen LogP contribution is 2.39. The summed E-state index contributed by atoms with van der Waals surface area (Å²) in [6.45, 7) is 0. The van der Waals surface area contributed by atoms with Crippen molar-refractivity contribution in [3.05, 3.63) is 34.9 Å². The molecule has 2 bridgehead atoms. The molecule has 1 aromatic carbocycles. The van der Waals surface area contributed by atoms with Crippen LogP contribution in [0.2, 0.25) is 5.02 Å². The zero-order chi connectivity index (χ0) is 11.8. The molecule has 3 unspecified atom stereocenters. The second kappa shape index (κ2) is 4.43. The number of hydrogen-bond acceptors (Lipinski definition) is 2.